The molecule has 172 valence electrons. The lowest BCUT2D eigenvalue weighted by molar-refractivity contribution is 0.105. The van der Waals surface area contributed by atoms with E-state index in [1.807, 2.05) is 31.2 Å². The minimum Gasteiger partial charge on any atom is -0.494 e. The number of aromatic nitrogens is 2. The Kier molecular flexibility index (Phi) is 13.7. The van der Waals surface area contributed by atoms with Gasteiger partial charge in [-0.05, 0) is 36.2 Å². The number of nitrogens with zero attached hydrogens (tertiary/aromatic N) is 2. The lowest BCUT2D eigenvalue weighted by atomic mass is 10.2. The number of hydrogen-bond acceptors (Lipinski definition) is 8. The average Bonchev–Trinajstić information content (AvgIpc) is 3.17. The van der Waals surface area contributed by atoms with Crippen molar-refractivity contribution in [2.75, 3.05) is 24.3 Å². The normalized spacial score (nSPS) is 9.97. The van der Waals surface area contributed by atoms with Crippen molar-refractivity contribution in [2.24, 2.45) is 5.73 Å². The van der Waals surface area contributed by atoms with Crippen LogP contribution in [0.2, 0.25) is 0 Å². The van der Waals surface area contributed by atoms with Crippen molar-refractivity contribution in [3.63, 3.8) is 0 Å². The number of aromatic hydroxyl groups is 1. The van der Waals surface area contributed by atoms with Gasteiger partial charge in [-0.3, -0.25) is 0 Å². The van der Waals surface area contributed by atoms with Gasteiger partial charge in [-0.25, -0.2) is 9.49 Å². The molecule has 0 amide bonds. The summed E-state index contributed by atoms with van der Waals surface area (Å²) in [6, 6.07) is 14.7. The van der Waals surface area contributed by atoms with Gasteiger partial charge in [0.1, 0.15) is 29.5 Å². The van der Waals surface area contributed by atoms with Gasteiger partial charge in [-0.2, -0.15) is 10.4 Å². The highest BCUT2D eigenvalue weighted by molar-refractivity contribution is 5.54. The number of ether oxygens (including phenoxy) is 1. The van der Waals surface area contributed by atoms with Crippen LogP contribution in [0.25, 0.3) is 6.08 Å². The third kappa shape index (κ3) is 11.8. The maximum Gasteiger partial charge on any atom is 0.208 e. The Labute approximate surface area is 187 Å². The number of benzene rings is 2. The molecule has 1 unspecified atom stereocenters. The van der Waals surface area contributed by atoms with E-state index in [1.165, 1.54) is 24.3 Å². The van der Waals surface area contributed by atoms with E-state index >= 15 is 0 Å². The molecule has 3 rings (SSSR count). The molecule has 0 fully saturated rings. The zero-order chi connectivity index (χ0) is 24.5. The number of nitriles is 1. The van der Waals surface area contributed by atoms with Crippen LogP contribution < -0.4 is 22.9 Å². The van der Waals surface area contributed by atoms with Crippen LogP contribution in [0.3, 0.4) is 0 Å². The Morgan fingerprint density at radius 3 is 2.16 bits per heavy atom. The summed E-state index contributed by atoms with van der Waals surface area (Å²) in [7, 11) is 1.61. The van der Waals surface area contributed by atoms with Gasteiger partial charge in [0.15, 0.2) is 0 Å². The SMILES string of the molecule is C=Cc1ccc(N)cc1.CCC(N)OC.N#Cc1c(N)cccc1F.Nc1cc(O)[nH]n1. The highest BCUT2D eigenvalue weighted by Gasteiger charge is 2.02. The van der Waals surface area contributed by atoms with Crippen molar-refractivity contribution in [2.45, 2.75) is 19.6 Å². The van der Waals surface area contributed by atoms with Crippen LogP contribution in [0.1, 0.15) is 24.5 Å². The molecule has 1 heterocycles. The van der Waals surface area contributed by atoms with E-state index in [1.54, 1.807) is 19.3 Å². The zero-order valence-corrected chi connectivity index (χ0v) is 18.1. The summed E-state index contributed by atoms with van der Waals surface area (Å²) in [5.74, 6) is -0.266. The molecule has 0 spiro atoms. The summed E-state index contributed by atoms with van der Waals surface area (Å²) in [6.45, 7) is 5.60. The van der Waals surface area contributed by atoms with Gasteiger partial charge in [0.25, 0.3) is 0 Å². The first kappa shape index (κ1) is 27.9. The summed E-state index contributed by atoms with van der Waals surface area (Å²) < 4.78 is 17.2. The molecule has 10 heteroatoms. The maximum atomic E-state index is 12.5. The standard InChI is InChI=1S/C8H9N.C7H5FN2.C4H11NO.C3H5N3O/c1-2-7-3-5-8(9)6-4-7;8-6-2-1-3-7(10)5(6)4-9;1-3-4(5)6-2;4-2-1-3(7)6-5-2/h2-6H,1,9H2;1-3H,10H2;4H,3,5H2,1-2H3;1H,(H4,4,5,6,7). The second-order valence-electron chi connectivity index (χ2n) is 6.05. The van der Waals surface area contributed by atoms with Crippen molar-refractivity contribution in [3.05, 3.63) is 72.1 Å². The number of halogens is 1. The second-order valence-corrected chi connectivity index (χ2v) is 6.05. The molecule has 0 saturated heterocycles. The Bertz CT molecular complexity index is 928. The summed E-state index contributed by atoms with van der Waals surface area (Å²) in [4.78, 5) is 0. The van der Waals surface area contributed by atoms with Crippen molar-refractivity contribution in [1.82, 2.24) is 10.2 Å². The monoisotopic (exact) mass is 443 g/mol. The van der Waals surface area contributed by atoms with Crippen LogP contribution in [0.5, 0.6) is 5.88 Å². The predicted molar refractivity (Wildman–Crippen MR) is 126 cm³/mol. The third-order valence-electron chi connectivity index (χ3n) is 3.62. The molecule has 0 aliphatic rings. The van der Waals surface area contributed by atoms with Gasteiger partial charge >= 0.3 is 0 Å². The molecule has 32 heavy (non-hydrogen) atoms. The average molecular weight is 444 g/mol. The smallest absolute Gasteiger partial charge is 0.208 e. The maximum absolute atomic E-state index is 12.5. The van der Waals surface area contributed by atoms with Crippen LogP contribution >= 0.6 is 0 Å². The fourth-order valence-electron chi connectivity index (χ4n) is 1.78. The van der Waals surface area contributed by atoms with Gasteiger partial charge < -0.3 is 32.8 Å². The van der Waals surface area contributed by atoms with E-state index in [4.69, 9.17) is 33.3 Å². The van der Waals surface area contributed by atoms with Crippen molar-refractivity contribution >= 4 is 23.3 Å². The fourth-order valence-corrected chi connectivity index (χ4v) is 1.78. The molecule has 0 saturated carbocycles. The summed E-state index contributed by atoms with van der Waals surface area (Å²) >= 11 is 0. The summed E-state index contributed by atoms with van der Waals surface area (Å²) in [6.07, 6.45) is 2.61. The number of nitrogens with two attached hydrogens (primary N) is 4. The molecule has 9 nitrogen and oxygen atoms in total. The third-order valence-corrected chi connectivity index (χ3v) is 3.62. The number of nitrogen functional groups attached to an aromatic ring is 3. The topological polar surface area (TPSA) is 186 Å². The van der Waals surface area contributed by atoms with Gasteiger partial charge in [-0.1, -0.05) is 37.8 Å². The molecule has 0 bridgehead atoms. The number of hydrogen-bond donors (Lipinski definition) is 6. The summed E-state index contributed by atoms with van der Waals surface area (Å²) in [5, 5.41) is 22.5. The van der Waals surface area contributed by atoms with Gasteiger partial charge in [0.05, 0.1) is 5.69 Å². The highest BCUT2D eigenvalue weighted by Crippen LogP contribution is 2.13. The molecule has 0 aliphatic carbocycles. The molecular weight excluding hydrogens is 413 g/mol. The fraction of sp³-hybridized carbons (Fsp3) is 0.182. The molecule has 0 radical (unpaired) electrons. The van der Waals surface area contributed by atoms with Crippen LogP contribution in [0.15, 0.2) is 55.1 Å². The minimum atomic E-state index is -0.567. The van der Waals surface area contributed by atoms with E-state index in [2.05, 4.69) is 21.5 Å². The molecule has 10 N–H and O–H groups in total. The molecule has 1 aromatic heterocycles. The molecule has 2 aromatic carbocycles. The van der Waals surface area contributed by atoms with Crippen LogP contribution in [0.4, 0.5) is 21.6 Å². The Hall–Kier alpha value is -4.07. The van der Waals surface area contributed by atoms with Crippen molar-refractivity contribution in [3.8, 4) is 11.9 Å². The van der Waals surface area contributed by atoms with Gasteiger partial charge in [0, 0.05) is 18.9 Å². The van der Waals surface area contributed by atoms with E-state index in [0.29, 0.717) is 5.82 Å². The zero-order valence-electron chi connectivity index (χ0n) is 18.1. The number of rotatable bonds is 3. The first-order chi connectivity index (χ1) is 15.2. The number of methoxy groups -OCH3 is 1. The van der Waals surface area contributed by atoms with E-state index in [9.17, 15) is 4.39 Å². The first-order valence-corrected chi connectivity index (χ1v) is 9.38. The predicted octanol–water partition coefficient (Wildman–Crippen LogP) is 3.22. The lowest BCUT2D eigenvalue weighted by Crippen LogP contribution is -2.19. The lowest BCUT2D eigenvalue weighted by Gasteiger charge is -2.01. The highest BCUT2D eigenvalue weighted by atomic mass is 19.1. The molecular formula is C22H30FN7O2. The molecule has 3 aromatic rings. The Morgan fingerprint density at radius 1 is 1.25 bits per heavy atom. The van der Waals surface area contributed by atoms with Crippen molar-refractivity contribution < 1.29 is 14.2 Å². The number of H-pyrrole nitrogens is 1. The van der Waals surface area contributed by atoms with E-state index < -0.39 is 5.82 Å². The second kappa shape index (κ2) is 15.7. The van der Waals surface area contributed by atoms with E-state index in [-0.39, 0.29) is 23.4 Å². The number of anilines is 3. The number of aromatic amines is 1. The van der Waals surface area contributed by atoms with Gasteiger partial charge in [0.2, 0.25) is 5.88 Å². The number of nitrogens with one attached hydrogen (secondary N) is 1. The van der Waals surface area contributed by atoms with Crippen LogP contribution in [0, 0.1) is 17.1 Å². The van der Waals surface area contributed by atoms with Crippen molar-refractivity contribution in [1.29, 1.82) is 5.26 Å². The minimum absolute atomic E-state index is 0.00231. The molecule has 0 aliphatic heterocycles. The largest absolute Gasteiger partial charge is 0.494 e. The molecule has 1 atom stereocenters. The van der Waals surface area contributed by atoms with Crippen LogP contribution in [-0.4, -0.2) is 28.6 Å². The Balaban J connectivity index is 0.000000409. The van der Waals surface area contributed by atoms with Gasteiger partial charge in [-0.15, -0.1) is 0 Å². The van der Waals surface area contributed by atoms with Crippen LogP contribution in [-0.2, 0) is 4.74 Å². The Morgan fingerprint density at radius 2 is 1.88 bits per heavy atom. The first-order valence-electron chi connectivity index (χ1n) is 9.38. The van der Waals surface area contributed by atoms with E-state index in [0.717, 1.165) is 17.7 Å². The summed E-state index contributed by atoms with van der Waals surface area (Å²) in [5.41, 5.74) is 23.0. The quantitative estimate of drug-likeness (QED) is 0.263.